The van der Waals surface area contributed by atoms with E-state index in [1.165, 1.54) is 33.8 Å². The van der Waals surface area contributed by atoms with E-state index < -0.39 is 0 Å². The van der Waals surface area contributed by atoms with Crippen LogP contribution < -0.4 is 29.6 Å². The van der Waals surface area contributed by atoms with Crippen molar-refractivity contribution in [1.29, 1.82) is 0 Å². The summed E-state index contributed by atoms with van der Waals surface area (Å²) in [6.45, 7) is 19.3. The van der Waals surface area contributed by atoms with Gasteiger partial charge in [0.1, 0.15) is 0 Å². The summed E-state index contributed by atoms with van der Waals surface area (Å²) in [7, 11) is -0.239. The minimum Gasteiger partial charge on any atom is -0.422 e. The van der Waals surface area contributed by atoms with Gasteiger partial charge in [0.2, 0.25) is 0 Å². The Morgan fingerprint density at radius 1 is 0.552 bits per heavy atom. The van der Waals surface area contributed by atoms with E-state index in [2.05, 4.69) is 76.1 Å². The molecule has 3 aromatic heterocycles. The molecular formula is C21H33BN6Na. The number of hydrogen-bond acceptors (Lipinski definition) is 3. The van der Waals surface area contributed by atoms with Crippen molar-refractivity contribution in [2.45, 2.75) is 81.6 Å². The fraction of sp³-hybridized carbons (Fsp3) is 0.571. The van der Waals surface area contributed by atoms with Gasteiger partial charge < -0.3 is 13.8 Å². The van der Waals surface area contributed by atoms with Crippen molar-refractivity contribution in [3.05, 3.63) is 50.9 Å². The third-order valence-electron chi connectivity index (χ3n) is 6.14. The second kappa shape index (κ2) is 9.23. The maximum atomic E-state index is 4.94. The summed E-state index contributed by atoms with van der Waals surface area (Å²) >= 11 is 0. The van der Waals surface area contributed by atoms with Gasteiger partial charge in [0.25, 0.3) is 7.12 Å². The molecule has 151 valence electrons. The molecule has 3 heterocycles. The average molecular weight is 403 g/mol. The van der Waals surface area contributed by atoms with Crippen molar-refractivity contribution < 1.29 is 29.6 Å². The zero-order valence-electron chi connectivity index (χ0n) is 19.9. The molecule has 0 aliphatic carbocycles. The van der Waals surface area contributed by atoms with Crippen molar-refractivity contribution in [3.63, 3.8) is 0 Å². The molecule has 6 nitrogen and oxygen atoms in total. The Morgan fingerprint density at radius 2 is 0.793 bits per heavy atom. The van der Waals surface area contributed by atoms with Crippen LogP contribution in [0.25, 0.3) is 0 Å². The van der Waals surface area contributed by atoms with Crippen LogP contribution in [0.15, 0.2) is 0 Å². The molecule has 0 saturated heterocycles. The van der Waals surface area contributed by atoms with E-state index in [4.69, 9.17) is 15.3 Å². The van der Waals surface area contributed by atoms with Crippen LogP contribution in [-0.2, 0) is 19.3 Å². The van der Waals surface area contributed by atoms with Crippen LogP contribution in [0.5, 0.6) is 0 Å². The molecule has 3 aromatic rings. The predicted octanol–water partition coefficient (Wildman–Crippen LogP) is 0.747. The Balaban J connectivity index is 0.00000300. The van der Waals surface area contributed by atoms with E-state index in [0.717, 1.165) is 36.3 Å². The Morgan fingerprint density at radius 3 is 0.966 bits per heavy atom. The molecule has 0 amide bonds. The topological polar surface area (TPSA) is 53.5 Å². The molecule has 0 aromatic carbocycles. The molecule has 0 aliphatic rings. The zero-order chi connectivity index (χ0) is 20.7. The quantitative estimate of drug-likeness (QED) is 0.571. The van der Waals surface area contributed by atoms with Crippen LogP contribution in [0.1, 0.15) is 71.6 Å². The van der Waals surface area contributed by atoms with Crippen molar-refractivity contribution in [2.75, 3.05) is 0 Å². The molecule has 0 aliphatic heterocycles. The summed E-state index contributed by atoms with van der Waals surface area (Å²) in [5, 5.41) is 14.8. The standard InChI is InChI=1S/C21H33BN6.Na/c1-10-19-13(4)23-26(16(19)7)22(27-17(8)20(11-2)14(5)24-27)28-18(9)21(12-3)15(6)25-28;/h10-12H2,1-9H3;/q-1;+1. The molecule has 0 unspecified atom stereocenters. The second-order valence-corrected chi connectivity index (χ2v) is 7.69. The zero-order valence-corrected chi connectivity index (χ0v) is 21.9. The molecule has 0 N–H and O–H groups in total. The number of hydrogen-bond donors (Lipinski definition) is 0. The van der Waals surface area contributed by atoms with Gasteiger partial charge in [-0.3, -0.25) is 0 Å². The number of nitrogens with zero attached hydrogens (tertiary/aromatic N) is 6. The first kappa shape index (κ1) is 24.0. The number of aryl methyl sites for hydroxylation is 3. The van der Waals surface area contributed by atoms with Crippen molar-refractivity contribution in [2.24, 2.45) is 0 Å². The molecular weight excluding hydrogens is 370 g/mol. The largest absolute Gasteiger partial charge is 1.00 e. The fourth-order valence-electron chi connectivity index (χ4n) is 4.61. The maximum absolute atomic E-state index is 4.94. The predicted molar refractivity (Wildman–Crippen MR) is 115 cm³/mol. The smallest absolute Gasteiger partial charge is 0.422 e. The third-order valence-corrected chi connectivity index (χ3v) is 6.14. The average Bonchev–Trinajstić information content (AvgIpc) is 3.20. The van der Waals surface area contributed by atoms with Crippen LogP contribution in [0.4, 0.5) is 0 Å². The van der Waals surface area contributed by atoms with Gasteiger partial charge in [0.05, 0.1) is 17.1 Å². The molecule has 0 bridgehead atoms. The summed E-state index contributed by atoms with van der Waals surface area (Å²) in [6.07, 6.45) is 2.91. The molecule has 8 heteroatoms. The van der Waals surface area contributed by atoms with E-state index in [1.54, 1.807) is 0 Å². The molecule has 0 saturated carbocycles. The van der Waals surface area contributed by atoms with Gasteiger partial charge in [-0.05, 0) is 94.6 Å². The van der Waals surface area contributed by atoms with E-state index in [9.17, 15) is 0 Å². The van der Waals surface area contributed by atoms with E-state index in [1.807, 2.05) is 0 Å². The third kappa shape index (κ3) is 3.89. The normalized spacial score (nSPS) is 11.4. The van der Waals surface area contributed by atoms with Gasteiger partial charge >= 0.3 is 29.6 Å². The Labute approximate surface area is 197 Å². The minimum atomic E-state index is -0.239. The van der Waals surface area contributed by atoms with Crippen molar-refractivity contribution in [3.8, 4) is 0 Å². The molecule has 1 radical (unpaired) electrons. The molecule has 0 fully saturated rings. The van der Waals surface area contributed by atoms with Gasteiger partial charge in [-0.15, -0.1) is 0 Å². The number of rotatable bonds is 6. The minimum absolute atomic E-state index is 0. The Hall–Kier alpha value is -1.31. The summed E-state index contributed by atoms with van der Waals surface area (Å²) in [5.41, 5.74) is 10.7. The van der Waals surface area contributed by atoms with Crippen LogP contribution in [-0.4, -0.2) is 36.2 Å². The summed E-state index contributed by atoms with van der Waals surface area (Å²) in [4.78, 5) is 0. The SMILES string of the molecule is CCc1c(C)nn([B-](n2nc(C)c(CC)c2C)n2nc(C)c(CC)c2C)c1C.[Na+]. The van der Waals surface area contributed by atoms with E-state index in [-0.39, 0.29) is 36.7 Å². The maximum Gasteiger partial charge on any atom is 1.00 e. The van der Waals surface area contributed by atoms with E-state index >= 15 is 0 Å². The molecule has 29 heavy (non-hydrogen) atoms. The second-order valence-electron chi connectivity index (χ2n) is 7.69. The van der Waals surface area contributed by atoms with E-state index in [0.29, 0.717) is 0 Å². The van der Waals surface area contributed by atoms with Gasteiger partial charge in [-0.25, -0.2) is 15.3 Å². The Bertz CT molecular complexity index is 884. The van der Waals surface area contributed by atoms with Crippen LogP contribution in [0.2, 0.25) is 0 Å². The van der Waals surface area contributed by atoms with Crippen LogP contribution in [0, 0.1) is 41.5 Å². The molecule has 3 rings (SSSR count). The first-order valence-electron chi connectivity index (χ1n) is 10.4. The van der Waals surface area contributed by atoms with Crippen LogP contribution >= 0.6 is 0 Å². The Kier molecular flexibility index (Phi) is 7.63. The summed E-state index contributed by atoms with van der Waals surface area (Å²) < 4.78 is 6.31. The first-order chi connectivity index (χ1) is 13.3. The van der Waals surface area contributed by atoms with Gasteiger partial charge in [0.15, 0.2) is 0 Å². The first-order valence-corrected chi connectivity index (χ1v) is 10.4. The van der Waals surface area contributed by atoms with Gasteiger partial charge in [0, 0.05) is 0 Å². The van der Waals surface area contributed by atoms with Gasteiger partial charge in [-0.1, -0.05) is 20.8 Å². The van der Waals surface area contributed by atoms with Crippen LogP contribution in [0.3, 0.4) is 0 Å². The summed E-state index contributed by atoms with van der Waals surface area (Å²) in [6, 6.07) is 0. The van der Waals surface area contributed by atoms with Gasteiger partial charge in [-0.2, -0.15) is 0 Å². The molecule has 0 spiro atoms. The molecule has 0 atom stereocenters. The summed E-state index contributed by atoms with van der Waals surface area (Å²) in [5.74, 6) is 0. The number of aromatic nitrogens is 6. The van der Waals surface area contributed by atoms with Crippen molar-refractivity contribution >= 4 is 7.12 Å². The fourth-order valence-corrected chi connectivity index (χ4v) is 4.61. The van der Waals surface area contributed by atoms with Crippen molar-refractivity contribution in [1.82, 2.24) is 29.1 Å². The monoisotopic (exact) mass is 403 g/mol.